The van der Waals surface area contributed by atoms with E-state index in [9.17, 15) is 4.79 Å². The topological polar surface area (TPSA) is 54.6 Å². The third-order valence-corrected chi connectivity index (χ3v) is 5.40. The molecule has 148 valence electrons. The standard InChI is InChI=1S/C23H28N2O3/c1-14-11-15(2)18-13-19(24-22(18)16(14)3)23(26)25(4)10-9-17-7-8-20(27-5)21(12-17)28-6/h7-8,11-13,24H,9-10H2,1-6H3. The van der Waals surface area contributed by atoms with Crippen LogP contribution < -0.4 is 9.47 Å². The Labute approximate surface area is 166 Å². The van der Waals surface area contributed by atoms with Crippen LogP contribution in [-0.2, 0) is 6.42 Å². The molecular weight excluding hydrogens is 352 g/mol. The van der Waals surface area contributed by atoms with Crippen molar-refractivity contribution in [1.82, 2.24) is 9.88 Å². The van der Waals surface area contributed by atoms with Crippen LogP contribution in [0.4, 0.5) is 0 Å². The summed E-state index contributed by atoms with van der Waals surface area (Å²) >= 11 is 0. The van der Waals surface area contributed by atoms with E-state index >= 15 is 0 Å². The number of likely N-dealkylation sites (N-methyl/N-ethyl adjacent to an activating group) is 1. The van der Waals surface area contributed by atoms with Gasteiger partial charge in [0.15, 0.2) is 11.5 Å². The number of aromatic amines is 1. The van der Waals surface area contributed by atoms with Gasteiger partial charge in [0.1, 0.15) is 5.69 Å². The third-order valence-electron chi connectivity index (χ3n) is 5.40. The number of nitrogens with one attached hydrogen (secondary N) is 1. The molecule has 0 aliphatic rings. The minimum absolute atomic E-state index is 0.00636. The van der Waals surface area contributed by atoms with Crippen LogP contribution in [0.15, 0.2) is 30.3 Å². The lowest BCUT2D eigenvalue weighted by molar-refractivity contribution is 0.0792. The number of nitrogens with zero attached hydrogens (tertiary/aromatic N) is 1. The number of hydrogen-bond acceptors (Lipinski definition) is 3. The second-order valence-electron chi connectivity index (χ2n) is 7.27. The first kappa shape index (κ1) is 19.8. The van der Waals surface area contributed by atoms with E-state index in [1.165, 1.54) is 16.7 Å². The van der Waals surface area contributed by atoms with Gasteiger partial charge in [-0.05, 0) is 67.6 Å². The number of fused-ring (bicyclic) bond motifs is 1. The molecule has 3 aromatic rings. The molecule has 2 aromatic carbocycles. The monoisotopic (exact) mass is 380 g/mol. The first-order valence-corrected chi connectivity index (χ1v) is 9.41. The summed E-state index contributed by atoms with van der Waals surface area (Å²) in [6.07, 6.45) is 0.736. The second-order valence-corrected chi connectivity index (χ2v) is 7.27. The number of methoxy groups -OCH3 is 2. The molecule has 1 amide bonds. The smallest absolute Gasteiger partial charge is 0.270 e. The van der Waals surface area contributed by atoms with Gasteiger partial charge in [0.2, 0.25) is 0 Å². The lowest BCUT2D eigenvalue weighted by atomic mass is 10.0. The van der Waals surface area contributed by atoms with Gasteiger partial charge < -0.3 is 19.4 Å². The number of benzene rings is 2. The Balaban J connectivity index is 1.75. The van der Waals surface area contributed by atoms with Crippen LogP contribution in [0.3, 0.4) is 0 Å². The van der Waals surface area contributed by atoms with Crippen LogP contribution in [0.1, 0.15) is 32.7 Å². The summed E-state index contributed by atoms with van der Waals surface area (Å²) in [6, 6.07) is 9.97. The van der Waals surface area contributed by atoms with Gasteiger partial charge in [0.25, 0.3) is 5.91 Å². The summed E-state index contributed by atoms with van der Waals surface area (Å²) in [5.41, 5.74) is 6.37. The van der Waals surface area contributed by atoms with E-state index in [4.69, 9.17) is 9.47 Å². The van der Waals surface area contributed by atoms with E-state index < -0.39 is 0 Å². The van der Waals surface area contributed by atoms with Crippen LogP contribution in [0.5, 0.6) is 11.5 Å². The lowest BCUT2D eigenvalue weighted by Crippen LogP contribution is -2.29. The first-order valence-electron chi connectivity index (χ1n) is 9.41. The minimum atomic E-state index is -0.00636. The highest BCUT2D eigenvalue weighted by atomic mass is 16.5. The van der Waals surface area contributed by atoms with Crippen molar-refractivity contribution in [2.75, 3.05) is 27.8 Å². The highest BCUT2D eigenvalue weighted by molar-refractivity contribution is 5.99. The van der Waals surface area contributed by atoms with Crippen molar-refractivity contribution >= 4 is 16.8 Å². The summed E-state index contributed by atoms with van der Waals surface area (Å²) in [5, 5.41) is 1.11. The Morgan fingerprint density at radius 3 is 2.39 bits per heavy atom. The maximum Gasteiger partial charge on any atom is 0.270 e. The lowest BCUT2D eigenvalue weighted by Gasteiger charge is -2.17. The fourth-order valence-corrected chi connectivity index (χ4v) is 3.52. The molecule has 0 bridgehead atoms. The van der Waals surface area contributed by atoms with Crippen LogP contribution in [-0.4, -0.2) is 43.6 Å². The summed E-state index contributed by atoms with van der Waals surface area (Å²) < 4.78 is 10.6. The number of rotatable bonds is 6. The summed E-state index contributed by atoms with van der Waals surface area (Å²) in [7, 11) is 5.08. The van der Waals surface area contributed by atoms with Gasteiger partial charge in [0.05, 0.1) is 14.2 Å². The quantitative estimate of drug-likeness (QED) is 0.688. The Morgan fingerprint density at radius 2 is 1.71 bits per heavy atom. The molecule has 1 N–H and O–H groups in total. The Morgan fingerprint density at radius 1 is 1.00 bits per heavy atom. The van der Waals surface area contributed by atoms with Gasteiger partial charge in [-0.25, -0.2) is 0 Å². The highest BCUT2D eigenvalue weighted by Gasteiger charge is 2.17. The van der Waals surface area contributed by atoms with Crippen LogP contribution >= 0.6 is 0 Å². The normalized spacial score (nSPS) is 10.9. The second kappa shape index (κ2) is 7.97. The first-order chi connectivity index (χ1) is 13.3. The zero-order valence-corrected chi connectivity index (χ0v) is 17.5. The number of hydrogen-bond donors (Lipinski definition) is 1. The average Bonchev–Trinajstić information content (AvgIpc) is 3.15. The largest absolute Gasteiger partial charge is 0.493 e. The SMILES string of the molecule is COc1ccc(CCN(C)C(=O)c2cc3c(C)cc(C)c(C)c3[nH]2)cc1OC. The summed E-state index contributed by atoms with van der Waals surface area (Å²) in [4.78, 5) is 18.0. The van der Waals surface area contributed by atoms with E-state index in [2.05, 4.69) is 31.8 Å². The molecule has 0 aliphatic carbocycles. The van der Waals surface area contributed by atoms with Gasteiger partial charge in [-0.3, -0.25) is 4.79 Å². The molecule has 0 atom stereocenters. The highest BCUT2D eigenvalue weighted by Crippen LogP contribution is 2.28. The van der Waals surface area contributed by atoms with Crippen molar-refractivity contribution in [3.63, 3.8) is 0 Å². The predicted octanol–water partition coefficient (Wildman–Crippen LogP) is 4.43. The van der Waals surface area contributed by atoms with Gasteiger partial charge in [-0.15, -0.1) is 0 Å². The van der Waals surface area contributed by atoms with E-state index in [0.29, 0.717) is 23.7 Å². The van der Waals surface area contributed by atoms with E-state index in [-0.39, 0.29) is 5.91 Å². The fraction of sp³-hybridized carbons (Fsp3) is 0.348. The number of H-pyrrole nitrogens is 1. The molecule has 0 saturated carbocycles. The van der Waals surface area contributed by atoms with E-state index in [1.54, 1.807) is 19.1 Å². The molecule has 3 rings (SSSR count). The van der Waals surface area contributed by atoms with Gasteiger partial charge in [0, 0.05) is 24.5 Å². The molecule has 5 nitrogen and oxygen atoms in total. The zero-order chi connectivity index (χ0) is 20.4. The zero-order valence-electron chi connectivity index (χ0n) is 17.5. The van der Waals surface area contributed by atoms with Gasteiger partial charge in [-0.1, -0.05) is 12.1 Å². The number of carbonyl (C=O) groups is 1. The summed E-state index contributed by atoms with van der Waals surface area (Å²) in [6.45, 7) is 6.88. The molecule has 5 heteroatoms. The number of aromatic nitrogens is 1. The van der Waals surface area contributed by atoms with Crippen LogP contribution in [0.2, 0.25) is 0 Å². The fourth-order valence-electron chi connectivity index (χ4n) is 3.52. The van der Waals surface area contributed by atoms with Gasteiger partial charge >= 0.3 is 0 Å². The van der Waals surface area contributed by atoms with Crippen LogP contribution in [0.25, 0.3) is 10.9 Å². The van der Waals surface area contributed by atoms with E-state index in [0.717, 1.165) is 22.9 Å². The van der Waals surface area contributed by atoms with Crippen molar-refractivity contribution in [3.05, 3.63) is 58.3 Å². The van der Waals surface area contributed by atoms with Crippen molar-refractivity contribution in [3.8, 4) is 11.5 Å². The van der Waals surface area contributed by atoms with Crippen molar-refractivity contribution in [1.29, 1.82) is 0 Å². The average molecular weight is 380 g/mol. The van der Waals surface area contributed by atoms with Gasteiger partial charge in [-0.2, -0.15) is 0 Å². The molecule has 0 spiro atoms. The molecule has 1 aromatic heterocycles. The maximum absolute atomic E-state index is 12.9. The molecule has 1 heterocycles. The number of aryl methyl sites for hydroxylation is 3. The Bertz CT molecular complexity index is 1020. The maximum atomic E-state index is 12.9. The number of carbonyl (C=O) groups excluding carboxylic acids is 1. The Hall–Kier alpha value is -2.95. The summed E-state index contributed by atoms with van der Waals surface area (Å²) in [5.74, 6) is 1.40. The molecular formula is C23H28N2O3. The molecule has 0 aliphatic heterocycles. The van der Waals surface area contributed by atoms with Crippen LogP contribution in [0, 0.1) is 20.8 Å². The molecule has 28 heavy (non-hydrogen) atoms. The molecule has 0 radical (unpaired) electrons. The van der Waals surface area contributed by atoms with E-state index in [1.807, 2.05) is 31.3 Å². The van der Waals surface area contributed by atoms with Crippen molar-refractivity contribution in [2.45, 2.75) is 27.2 Å². The number of amides is 1. The molecule has 0 unspecified atom stereocenters. The molecule has 0 saturated heterocycles. The predicted molar refractivity (Wildman–Crippen MR) is 113 cm³/mol. The number of ether oxygens (including phenoxy) is 2. The minimum Gasteiger partial charge on any atom is -0.493 e. The van der Waals surface area contributed by atoms with Crippen molar-refractivity contribution < 1.29 is 14.3 Å². The van der Waals surface area contributed by atoms with Crippen molar-refractivity contribution in [2.24, 2.45) is 0 Å². The Kier molecular flexibility index (Phi) is 5.63. The third kappa shape index (κ3) is 3.70. The molecule has 0 fully saturated rings.